The van der Waals surface area contributed by atoms with Crippen molar-refractivity contribution in [1.29, 1.82) is 0 Å². The standard InChI is InChI=1S/C8H5BF6O3.Li.H/c10-7(11,12)4-1-2-5(8(13,14)15)6(3-4)18-9(16)17;;/h1-3,16-17H;;. The molecule has 19 heavy (non-hydrogen) atoms. The molecule has 0 spiro atoms. The molecule has 0 aliphatic rings. The van der Waals surface area contributed by atoms with Crippen molar-refractivity contribution in [3.63, 3.8) is 0 Å². The number of rotatable bonds is 2. The number of alkyl halides is 6. The summed E-state index contributed by atoms with van der Waals surface area (Å²) in [6, 6.07) is 0.419. The first-order valence-electron chi connectivity index (χ1n) is 4.33. The minimum atomic E-state index is -4.98. The van der Waals surface area contributed by atoms with Gasteiger partial charge in [-0.15, -0.1) is 0 Å². The van der Waals surface area contributed by atoms with Gasteiger partial charge in [0.05, 0.1) is 11.1 Å². The van der Waals surface area contributed by atoms with Gasteiger partial charge in [-0.2, -0.15) is 26.3 Å². The third-order valence-electron chi connectivity index (χ3n) is 1.85. The summed E-state index contributed by atoms with van der Waals surface area (Å²) in [7, 11) is -2.66. The van der Waals surface area contributed by atoms with E-state index in [1.165, 1.54) is 0 Å². The van der Waals surface area contributed by atoms with Gasteiger partial charge in [0.25, 0.3) is 0 Å². The summed E-state index contributed by atoms with van der Waals surface area (Å²) in [4.78, 5) is 0. The van der Waals surface area contributed by atoms with Crippen LogP contribution in [0.2, 0.25) is 0 Å². The first-order valence-corrected chi connectivity index (χ1v) is 4.33. The molecule has 0 bridgehead atoms. The van der Waals surface area contributed by atoms with Crippen LogP contribution in [0.4, 0.5) is 26.3 Å². The molecule has 3 nitrogen and oxygen atoms in total. The van der Waals surface area contributed by atoms with Crippen LogP contribution in [-0.2, 0) is 12.4 Å². The van der Waals surface area contributed by atoms with Crippen LogP contribution in [0.15, 0.2) is 18.2 Å². The maximum absolute atomic E-state index is 12.4. The number of benzene rings is 1. The molecule has 0 heterocycles. The molecule has 0 aliphatic carbocycles. The molecule has 102 valence electrons. The average Bonchev–Trinajstić information content (AvgIpc) is 2.13. The Hall–Kier alpha value is -0.818. The molecule has 0 atom stereocenters. The Labute approximate surface area is 115 Å². The second-order valence-corrected chi connectivity index (χ2v) is 3.15. The zero-order valence-electron chi connectivity index (χ0n) is 8.38. The van der Waals surface area contributed by atoms with Crippen LogP contribution < -0.4 is 4.65 Å². The summed E-state index contributed by atoms with van der Waals surface area (Å²) in [5, 5.41) is 16.7. The molecule has 2 N–H and O–H groups in total. The number of hydrogen-bond acceptors (Lipinski definition) is 3. The Bertz CT molecular complexity index is 433. The van der Waals surface area contributed by atoms with E-state index >= 15 is 0 Å². The molecule has 0 radical (unpaired) electrons. The Balaban J connectivity index is 0.00000324. The van der Waals surface area contributed by atoms with Gasteiger partial charge < -0.3 is 14.7 Å². The summed E-state index contributed by atoms with van der Waals surface area (Å²) in [5.74, 6) is -1.31. The molecule has 11 heteroatoms. The van der Waals surface area contributed by atoms with Crippen LogP contribution in [0, 0.1) is 0 Å². The van der Waals surface area contributed by atoms with E-state index in [0.717, 1.165) is 0 Å². The van der Waals surface area contributed by atoms with Gasteiger partial charge in [0, 0.05) is 0 Å². The van der Waals surface area contributed by atoms with E-state index < -0.39 is 36.6 Å². The topological polar surface area (TPSA) is 49.7 Å². The van der Waals surface area contributed by atoms with Crippen LogP contribution >= 0.6 is 0 Å². The van der Waals surface area contributed by atoms with Crippen LogP contribution in [-0.4, -0.2) is 36.2 Å². The fourth-order valence-electron chi connectivity index (χ4n) is 1.14. The van der Waals surface area contributed by atoms with Crippen LogP contribution in [0.25, 0.3) is 0 Å². The third-order valence-corrected chi connectivity index (χ3v) is 1.85. The molecular formula is C8H6BF6LiO3. The predicted molar refractivity (Wildman–Crippen MR) is 54.4 cm³/mol. The van der Waals surface area contributed by atoms with Crippen molar-refractivity contribution >= 4 is 26.2 Å². The molecule has 1 rings (SSSR count). The van der Waals surface area contributed by atoms with Gasteiger partial charge in [0.1, 0.15) is 5.75 Å². The SMILES string of the molecule is OB(O)Oc1cc(C(F)(F)F)ccc1C(F)(F)F.[LiH]. The third kappa shape index (κ3) is 4.99. The van der Waals surface area contributed by atoms with Crippen molar-refractivity contribution in [2.75, 3.05) is 0 Å². The molecular weight excluding hydrogens is 276 g/mol. The van der Waals surface area contributed by atoms with Gasteiger partial charge in [-0.25, -0.2) is 0 Å². The van der Waals surface area contributed by atoms with Gasteiger partial charge in [-0.1, -0.05) is 0 Å². The van der Waals surface area contributed by atoms with Crippen molar-refractivity contribution in [3.05, 3.63) is 29.3 Å². The number of hydrogen-bond donors (Lipinski definition) is 2. The van der Waals surface area contributed by atoms with E-state index in [0.29, 0.717) is 0 Å². The molecule has 1 aromatic carbocycles. The molecule has 0 aromatic heterocycles. The van der Waals surface area contributed by atoms with Gasteiger partial charge in [0.2, 0.25) is 0 Å². The summed E-state index contributed by atoms with van der Waals surface area (Å²) in [6.45, 7) is 0. The van der Waals surface area contributed by atoms with Crippen molar-refractivity contribution in [2.24, 2.45) is 0 Å². The quantitative estimate of drug-likeness (QED) is 0.637. The minimum absolute atomic E-state index is 0. The van der Waals surface area contributed by atoms with Gasteiger partial charge >= 0.3 is 38.5 Å². The Morgan fingerprint density at radius 1 is 0.947 bits per heavy atom. The molecule has 0 unspecified atom stereocenters. The van der Waals surface area contributed by atoms with Crippen LogP contribution in [0.3, 0.4) is 0 Å². The van der Waals surface area contributed by atoms with Gasteiger partial charge in [0.15, 0.2) is 0 Å². The van der Waals surface area contributed by atoms with Crippen LogP contribution in [0.5, 0.6) is 5.75 Å². The second-order valence-electron chi connectivity index (χ2n) is 3.15. The van der Waals surface area contributed by atoms with Crippen molar-refractivity contribution in [1.82, 2.24) is 0 Å². The maximum atomic E-state index is 12.4. The van der Waals surface area contributed by atoms with E-state index in [1.54, 1.807) is 0 Å². The number of halogens is 6. The first kappa shape index (κ1) is 18.2. The fraction of sp³-hybridized carbons (Fsp3) is 0.250. The zero-order chi connectivity index (χ0) is 14.1. The molecule has 1 aromatic rings. The summed E-state index contributed by atoms with van der Waals surface area (Å²) >= 11 is 0. The van der Waals surface area contributed by atoms with Crippen LogP contribution in [0.1, 0.15) is 11.1 Å². The van der Waals surface area contributed by atoms with E-state index in [9.17, 15) is 26.3 Å². The van der Waals surface area contributed by atoms with Gasteiger partial charge in [-0.3, -0.25) is 0 Å². The van der Waals surface area contributed by atoms with E-state index in [1.807, 2.05) is 0 Å². The van der Waals surface area contributed by atoms with Crippen molar-refractivity contribution < 1.29 is 41.0 Å². The first-order chi connectivity index (χ1) is 8.01. The predicted octanol–water partition coefficient (Wildman–Crippen LogP) is 1.42. The van der Waals surface area contributed by atoms with Crippen molar-refractivity contribution in [3.8, 4) is 5.75 Å². The fourth-order valence-corrected chi connectivity index (χ4v) is 1.14. The normalized spacial score (nSPS) is 11.8. The molecule has 0 aliphatic heterocycles. The van der Waals surface area contributed by atoms with E-state index in [-0.39, 0.29) is 37.1 Å². The zero-order valence-corrected chi connectivity index (χ0v) is 8.38. The Morgan fingerprint density at radius 2 is 1.47 bits per heavy atom. The molecule has 0 amide bonds. The molecule has 0 saturated heterocycles. The van der Waals surface area contributed by atoms with E-state index in [4.69, 9.17) is 10.0 Å². The Kier molecular flexibility index (Phi) is 5.83. The Morgan fingerprint density at radius 3 is 1.84 bits per heavy atom. The summed E-state index contributed by atoms with van der Waals surface area (Å²) < 4.78 is 77.9. The summed E-state index contributed by atoms with van der Waals surface area (Å²) in [6.07, 6.45) is -9.85. The molecule has 0 fully saturated rings. The summed E-state index contributed by atoms with van der Waals surface area (Å²) in [5.41, 5.74) is -2.94. The monoisotopic (exact) mass is 282 g/mol. The van der Waals surface area contributed by atoms with Gasteiger partial charge in [-0.05, 0) is 18.2 Å². The average molecular weight is 282 g/mol. The molecule has 0 saturated carbocycles. The van der Waals surface area contributed by atoms with E-state index in [2.05, 4.69) is 4.65 Å². The second kappa shape index (κ2) is 6.09. The van der Waals surface area contributed by atoms with Crippen molar-refractivity contribution in [2.45, 2.75) is 12.4 Å².